The molecule has 1 unspecified atom stereocenters. The van der Waals surface area contributed by atoms with E-state index in [0.29, 0.717) is 16.6 Å². The van der Waals surface area contributed by atoms with E-state index in [1.807, 2.05) is 0 Å². The summed E-state index contributed by atoms with van der Waals surface area (Å²) in [6.07, 6.45) is 0.897. The normalized spacial score (nSPS) is 26.1. The third-order valence-electron chi connectivity index (χ3n) is 3.54. The first kappa shape index (κ1) is 12.9. The molecule has 20 heavy (non-hydrogen) atoms. The fraction of sp³-hybridized carbons (Fsp3) is 0.333. The smallest absolute Gasteiger partial charge is 0.261 e. The molecule has 2 aromatic rings. The van der Waals surface area contributed by atoms with Gasteiger partial charge in [-0.3, -0.25) is 9.78 Å². The van der Waals surface area contributed by atoms with Crippen LogP contribution in [0.15, 0.2) is 28.7 Å². The summed E-state index contributed by atoms with van der Waals surface area (Å²) in [6, 6.07) is 0.947. The maximum absolute atomic E-state index is 11.7. The largest absolute Gasteiger partial charge is 0.392 e. The monoisotopic (exact) mass is 278 g/mol. The standard InChI is InChI=1S/C12H14N4O4/c13-12-14-10-6(11(20)15-12)1-2-16(10)7-3-5(4-17)8(18)9(7)19/h1-3,7-9,17-19H,4H2,(H3,13,14,15,20)/t7-,8+,9?/m1/s1. The molecule has 2 aromatic heterocycles. The number of nitrogens with two attached hydrogens (primary N) is 1. The number of H-pyrrole nitrogens is 1. The van der Waals surface area contributed by atoms with Crippen LogP contribution < -0.4 is 11.3 Å². The van der Waals surface area contributed by atoms with Gasteiger partial charge in [0, 0.05) is 6.20 Å². The third-order valence-corrected chi connectivity index (χ3v) is 3.54. The Bertz CT molecular complexity index is 747. The van der Waals surface area contributed by atoms with Gasteiger partial charge in [0.2, 0.25) is 5.95 Å². The topological polar surface area (TPSA) is 137 Å². The molecule has 106 valence electrons. The average molecular weight is 278 g/mol. The van der Waals surface area contributed by atoms with Crippen LogP contribution in [0.25, 0.3) is 11.0 Å². The van der Waals surface area contributed by atoms with Crippen molar-refractivity contribution in [1.29, 1.82) is 0 Å². The lowest BCUT2D eigenvalue weighted by Crippen LogP contribution is -2.30. The molecule has 0 radical (unpaired) electrons. The molecule has 8 nitrogen and oxygen atoms in total. The second-order valence-electron chi connectivity index (χ2n) is 4.74. The number of nitrogens with one attached hydrogen (secondary N) is 1. The first-order chi connectivity index (χ1) is 9.52. The minimum Gasteiger partial charge on any atom is -0.392 e. The Morgan fingerprint density at radius 1 is 1.45 bits per heavy atom. The lowest BCUT2D eigenvalue weighted by Gasteiger charge is -2.19. The van der Waals surface area contributed by atoms with Gasteiger partial charge in [-0.25, -0.2) is 0 Å². The molecule has 8 heteroatoms. The van der Waals surface area contributed by atoms with Crippen LogP contribution in [0, 0.1) is 0 Å². The van der Waals surface area contributed by atoms with Crippen molar-refractivity contribution in [3.05, 3.63) is 34.3 Å². The van der Waals surface area contributed by atoms with Crippen LogP contribution in [0.2, 0.25) is 0 Å². The van der Waals surface area contributed by atoms with Gasteiger partial charge in [-0.15, -0.1) is 0 Å². The minimum absolute atomic E-state index is 0.0261. The molecule has 0 bridgehead atoms. The first-order valence-electron chi connectivity index (χ1n) is 6.07. The molecular formula is C12H14N4O4. The number of aromatic amines is 1. The van der Waals surface area contributed by atoms with Crippen molar-refractivity contribution >= 4 is 17.0 Å². The van der Waals surface area contributed by atoms with E-state index in [9.17, 15) is 15.0 Å². The molecule has 1 aliphatic rings. The fourth-order valence-electron chi connectivity index (χ4n) is 2.51. The van der Waals surface area contributed by atoms with Crippen LogP contribution in [-0.2, 0) is 0 Å². The fourth-order valence-corrected chi connectivity index (χ4v) is 2.51. The Balaban J connectivity index is 2.16. The molecule has 0 spiro atoms. The molecule has 0 fully saturated rings. The summed E-state index contributed by atoms with van der Waals surface area (Å²) >= 11 is 0. The van der Waals surface area contributed by atoms with Crippen LogP contribution in [0.1, 0.15) is 6.04 Å². The van der Waals surface area contributed by atoms with Crippen LogP contribution in [0.3, 0.4) is 0 Å². The zero-order chi connectivity index (χ0) is 14.4. The van der Waals surface area contributed by atoms with Gasteiger partial charge in [0.05, 0.1) is 18.0 Å². The molecule has 3 rings (SSSR count). The van der Waals surface area contributed by atoms with Crippen molar-refractivity contribution < 1.29 is 15.3 Å². The van der Waals surface area contributed by atoms with Gasteiger partial charge in [0.15, 0.2) is 0 Å². The van der Waals surface area contributed by atoms with E-state index < -0.39 is 18.2 Å². The molecule has 6 N–H and O–H groups in total. The average Bonchev–Trinajstić information content (AvgIpc) is 2.93. The molecule has 0 saturated carbocycles. The first-order valence-corrected chi connectivity index (χ1v) is 6.07. The molecule has 0 amide bonds. The summed E-state index contributed by atoms with van der Waals surface area (Å²) in [5.74, 6) is -0.0261. The van der Waals surface area contributed by atoms with Gasteiger partial charge in [-0.2, -0.15) is 4.98 Å². The molecule has 2 heterocycles. The lowest BCUT2D eigenvalue weighted by molar-refractivity contribution is 0.0288. The van der Waals surface area contributed by atoms with E-state index in [-0.39, 0.29) is 18.1 Å². The number of aromatic nitrogens is 3. The minimum atomic E-state index is -1.14. The van der Waals surface area contributed by atoms with Gasteiger partial charge < -0.3 is 25.6 Å². The zero-order valence-corrected chi connectivity index (χ0v) is 10.4. The number of aliphatic hydroxyl groups is 3. The lowest BCUT2D eigenvalue weighted by atomic mass is 10.1. The SMILES string of the molecule is Nc1nc2c(ccn2[C@@H]2C=C(CO)[C@H](O)C2O)c(=O)[nH]1. The molecule has 3 atom stereocenters. The van der Waals surface area contributed by atoms with E-state index in [2.05, 4.69) is 9.97 Å². The Morgan fingerprint density at radius 3 is 2.85 bits per heavy atom. The number of fused-ring (bicyclic) bond motifs is 1. The quantitative estimate of drug-likeness (QED) is 0.424. The number of aliphatic hydroxyl groups excluding tert-OH is 3. The van der Waals surface area contributed by atoms with Crippen molar-refractivity contribution in [1.82, 2.24) is 14.5 Å². The summed E-state index contributed by atoms with van der Waals surface area (Å²) in [7, 11) is 0. The number of hydrogen-bond acceptors (Lipinski definition) is 6. The maximum atomic E-state index is 11.7. The van der Waals surface area contributed by atoms with Gasteiger partial charge in [0.1, 0.15) is 17.9 Å². The highest BCUT2D eigenvalue weighted by atomic mass is 16.3. The van der Waals surface area contributed by atoms with Crippen LogP contribution in [0.4, 0.5) is 5.95 Å². The molecule has 1 aliphatic carbocycles. The summed E-state index contributed by atoms with van der Waals surface area (Å²) in [5, 5.41) is 29.3. The second-order valence-corrected chi connectivity index (χ2v) is 4.74. The summed E-state index contributed by atoms with van der Waals surface area (Å²) in [4.78, 5) is 18.2. The Labute approximate surface area is 112 Å². The summed E-state index contributed by atoms with van der Waals surface area (Å²) < 4.78 is 1.55. The number of nitrogens with zero attached hydrogens (tertiary/aromatic N) is 2. The Kier molecular flexibility index (Phi) is 2.85. The predicted molar refractivity (Wildman–Crippen MR) is 71.0 cm³/mol. The third kappa shape index (κ3) is 1.73. The molecule has 0 aromatic carbocycles. The Hall–Kier alpha value is -2.16. The zero-order valence-electron chi connectivity index (χ0n) is 10.4. The number of anilines is 1. The molecular weight excluding hydrogens is 264 g/mol. The predicted octanol–water partition coefficient (Wildman–Crippen LogP) is -1.50. The van der Waals surface area contributed by atoms with Crippen molar-refractivity contribution in [3.8, 4) is 0 Å². The van der Waals surface area contributed by atoms with Gasteiger partial charge in [0.25, 0.3) is 5.56 Å². The molecule has 0 aliphatic heterocycles. The highest BCUT2D eigenvalue weighted by Crippen LogP contribution is 2.31. The van der Waals surface area contributed by atoms with Crippen molar-refractivity contribution in [2.75, 3.05) is 12.3 Å². The van der Waals surface area contributed by atoms with Gasteiger partial charge in [-0.05, 0) is 11.6 Å². The summed E-state index contributed by atoms with van der Waals surface area (Å²) in [6.45, 7) is -0.343. The van der Waals surface area contributed by atoms with Crippen molar-refractivity contribution in [2.24, 2.45) is 0 Å². The van der Waals surface area contributed by atoms with E-state index in [4.69, 9.17) is 10.8 Å². The van der Waals surface area contributed by atoms with Gasteiger partial charge >= 0.3 is 0 Å². The van der Waals surface area contributed by atoms with Gasteiger partial charge in [-0.1, -0.05) is 6.08 Å². The maximum Gasteiger partial charge on any atom is 0.261 e. The number of hydrogen-bond donors (Lipinski definition) is 5. The second kappa shape index (κ2) is 4.44. The van der Waals surface area contributed by atoms with Crippen LogP contribution >= 0.6 is 0 Å². The molecule has 0 saturated heterocycles. The number of nitrogen functional groups attached to an aromatic ring is 1. The number of rotatable bonds is 2. The van der Waals surface area contributed by atoms with E-state index >= 15 is 0 Å². The van der Waals surface area contributed by atoms with Crippen molar-refractivity contribution in [2.45, 2.75) is 18.2 Å². The highest BCUT2D eigenvalue weighted by molar-refractivity contribution is 5.76. The Morgan fingerprint density at radius 2 is 2.20 bits per heavy atom. The van der Waals surface area contributed by atoms with E-state index in [1.165, 1.54) is 0 Å². The van der Waals surface area contributed by atoms with Crippen LogP contribution in [-0.4, -0.2) is 48.7 Å². The summed E-state index contributed by atoms with van der Waals surface area (Å²) in [5.41, 5.74) is 5.80. The van der Waals surface area contributed by atoms with E-state index in [1.54, 1.807) is 22.9 Å². The van der Waals surface area contributed by atoms with E-state index in [0.717, 1.165) is 0 Å². The highest BCUT2D eigenvalue weighted by Gasteiger charge is 2.35. The van der Waals surface area contributed by atoms with Crippen molar-refractivity contribution in [3.63, 3.8) is 0 Å². The van der Waals surface area contributed by atoms with Crippen LogP contribution in [0.5, 0.6) is 0 Å².